The van der Waals surface area contributed by atoms with Crippen LogP contribution in [0.15, 0.2) is 50.4 Å². The Morgan fingerprint density at radius 3 is 2.81 bits per heavy atom. The molecule has 0 amide bonds. The lowest BCUT2D eigenvalue weighted by Crippen LogP contribution is -2.05. The monoisotopic (exact) mass is 510 g/mol. The van der Waals surface area contributed by atoms with E-state index in [9.17, 15) is 5.11 Å². The smallest absolute Gasteiger partial charge is 0.216 e. The molecule has 3 rings (SSSR count). The topological polar surface area (TPSA) is 75.4 Å². The van der Waals surface area contributed by atoms with Gasteiger partial charge in [0.05, 0.1) is 16.8 Å². The first kappa shape index (κ1) is 19.8. The number of ether oxygens (including phenoxy) is 1. The number of nitrogens with zero attached hydrogens (tertiary/aromatic N) is 3. The average molecular weight is 512 g/mol. The largest absolute Gasteiger partial charge is 0.506 e. The van der Waals surface area contributed by atoms with E-state index in [1.807, 2.05) is 38.1 Å². The van der Waals surface area contributed by atoms with Crippen LogP contribution in [-0.4, -0.2) is 32.3 Å². The fourth-order valence-corrected chi connectivity index (χ4v) is 3.81. The second-order valence-electron chi connectivity index (χ2n) is 5.93. The van der Waals surface area contributed by atoms with Crippen molar-refractivity contribution in [1.29, 1.82) is 0 Å². The molecule has 0 saturated carbocycles. The molecule has 27 heavy (non-hydrogen) atoms. The van der Waals surface area contributed by atoms with Gasteiger partial charge in [0, 0.05) is 15.6 Å². The first-order valence-corrected chi connectivity index (χ1v) is 10.0. The maximum atomic E-state index is 10.2. The van der Waals surface area contributed by atoms with Gasteiger partial charge in [-0.3, -0.25) is 0 Å². The molecular weight excluding hydrogens is 496 g/mol. The number of hydrogen-bond donors (Lipinski definition) is 2. The van der Waals surface area contributed by atoms with E-state index in [0.717, 1.165) is 15.8 Å². The summed E-state index contributed by atoms with van der Waals surface area (Å²) >= 11 is 12.0. The lowest BCUT2D eigenvalue weighted by atomic mass is 10.2. The van der Waals surface area contributed by atoms with Crippen molar-refractivity contribution < 1.29 is 9.84 Å². The Morgan fingerprint density at radius 2 is 2.07 bits per heavy atom. The normalized spacial score (nSPS) is 11.4. The van der Waals surface area contributed by atoms with Crippen LogP contribution in [0, 0.1) is 4.77 Å². The maximum absolute atomic E-state index is 10.2. The van der Waals surface area contributed by atoms with Crippen molar-refractivity contribution in [2.45, 2.75) is 20.0 Å². The summed E-state index contributed by atoms with van der Waals surface area (Å²) in [6.45, 7) is 3.94. The molecule has 0 aliphatic rings. The van der Waals surface area contributed by atoms with Gasteiger partial charge in [-0.15, -0.1) is 0 Å². The number of phenolic OH excluding ortho intramolecular Hbond substituents is 1. The fourth-order valence-electron chi connectivity index (χ4n) is 2.37. The van der Waals surface area contributed by atoms with Crippen molar-refractivity contribution in [2.75, 3.05) is 0 Å². The maximum Gasteiger partial charge on any atom is 0.216 e. The van der Waals surface area contributed by atoms with Crippen molar-refractivity contribution in [2.24, 2.45) is 5.10 Å². The molecule has 3 aromatic rings. The predicted molar refractivity (Wildman–Crippen MR) is 115 cm³/mol. The highest BCUT2D eigenvalue weighted by atomic mass is 79.9. The van der Waals surface area contributed by atoms with E-state index in [1.165, 1.54) is 10.9 Å². The lowest BCUT2D eigenvalue weighted by molar-refractivity contribution is 0.242. The molecule has 2 N–H and O–H groups in total. The zero-order valence-corrected chi connectivity index (χ0v) is 18.5. The summed E-state index contributed by atoms with van der Waals surface area (Å²) in [6, 6.07) is 11.1. The summed E-state index contributed by atoms with van der Waals surface area (Å²) in [6.07, 6.45) is 1.59. The number of aromatic hydroxyl groups is 1. The van der Waals surface area contributed by atoms with E-state index in [-0.39, 0.29) is 11.9 Å². The van der Waals surface area contributed by atoms with Crippen LogP contribution in [0.5, 0.6) is 11.5 Å². The highest BCUT2D eigenvalue weighted by Crippen LogP contribution is 2.31. The Bertz CT molecular complexity index is 1060. The van der Waals surface area contributed by atoms with E-state index in [2.05, 4.69) is 47.2 Å². The molecule has 140 valence electrons. The molecule has 0 saturated heterocycles. The number of rotatable bonds is 5. The van der Waals surface area contributed by atoms with Crippen LogP contribution >= 0.6 is 44.1 Å². The minimum atomic E-state index is 0.0667. The molecule has 0 aliphatic heterocycles. The minimum absolute atomic E-state index is 0.0667. The summed E-state index contributed by atoms with van der Waals surface area (Å²) in [5, 5.41) is 21.6. The van der Waals surface area contributed by atoms with Crippen LogP contribution in [0.3, 0.4) is 0 Å². The number of phenols is 1. The molecule has 0 aliphatic carbocycles. The summed E-state index contributed by atoms with van der Waals surface area (Å²) in [5.41, 5.74) is 1.33. The number of aromatic amines is 1. The van der Waals surface area contributed by atoms with Gasteiger partial charge in [-0.05, 0) is 66.3 Å². The fraction of sp³-hybridized carbons (Fsp3) is 0.167. The molecule has 0 bridgehead atoms. The van der Waals surface area contributed by atoms with E-state index in [1.54, 1.807) is 12.1 Å². The molecule has 9 heteroatoms. The molecule has 0 unspecified atom stereocenters. The zero-order chi connectivity index (χ0) is 19.6. The number of benzene rings is 2. The Kier molecular flexibility index (Phi) is 6.13. The summed E-state index contributed by atoms with van der Waals surface area (Å²) in [7, 11) is 0. The molecule has 0 atom stereocenters. The molecule has 1 heterocycles. The van der Waals surface area contributed by atoms with Crippen molar-refractivity contribution in [3.8, 4) is 22.9 Å². The highest BCUT2D eigenvalue weighted by molar-refractivity contribution is 9.11. The highest BCUT2D eigenvalue weighted by Gasteiger charge is 2.11. The van der Waals surface area contributed by atoms with Gasteiger partial charge in [0.25, 0.3) is 0 Å². The zero-order valence-electron chi connectivity index (χ0n) is 14.5. The summed E-state index contributed by atoms with van der Waals surface area (Å²) in [5.74, 6) is 1.37. The number of nitrogens with one attached hydrogen (secondary N) is 1. The van der Waals surface area contributed by atoms with E-state index < -0.39 is 0 Å². The molecule has 2 aromatic carbocycles. The standard InChI is InChI=1S/C18H16Br2N4O2S/c1-10(2)26-14-5-3-4-11(7-14)17-22-23-18(27)24(17)21-9-12-6-13(19)8-15(20)16(12)25/h3-10,25H,1-2H3,(H,23,27)/b21-9+. The molecule has 0 fully saturated rings. The minimum Gasteiger partial charge on any atom is -0.506 e. The second-order valence-corrected chi connectivity index (χ2v) is 8.09. The van der Waals surface area contributed by atoms with Gasteiger partial charge in [-0.1, -0.05) is 28.1 Å². The summed E-state index contributed by atoms with van der Waals surface area (Å²) in [4.78, 5) is 0. The van der Waals surface area contributed by atoms with Crippen LogP contribution in [0.4, 0.5) is 0 Å². The molecule has 0 spiro atoms. The van der Waals surface area contributed by atoms with E-state index in [4.69, 9.17) is 17.0 Å². The molecule has 1 aromatic heterocycles. The van der Waals surface area contributed by atoms with Gasteiger partial charge >= 0.3 is 0 Å². The lowest BCUT2D eigenvalue weighted by Gasteiger charge is -2.10. The first-order valence-electron chi connectivity index (χ1n) is 8.02. The number of H-pyrrole nitrogens is 1. The third-order valence-corrected chi connectivity index (χ3v) is 4.81. The summed E-state index contributed by atoms with van der Waals surface area (Å²) < 4.78 is 8.95. The number of hydrogen-bond acceptors (Lipinski definition) is 5. The van der Waals surface area contributed by atoms with Gasteiger partial charge in [0.2, 0.25) is 4.77 Å². The van der Waals surface area contributed by atoms with Crippen molar-refractivity contribution in [3.63, 3.8) is 0 Å². The van der Waals surface area contributed by atoms with Crippen LogP contribution in [-0.2, 0) is 0 Å². The third-order valence-electron chi connectivity index (χ3n) is 3.48. The van der Waals surface area contributed by atoms with Crippen LogP contribution in [0.2, 0.25) is 0 Å². The van der Waals surface area contributed by atoms with Crippen molar-refractivity contribution in [1.82, 2.24) is 14.9 Å². The SMILES string of the molecule is CC(C)Oc1cccc(-c2n[nH]c(=S)n2/N=C/c2cc(Br)cc(Br)c2O)c1. The quantitative estimate of drug-likeness (QED) is 0.350. The third kappa shape index (κ3) is 4.66. The van der Waals surface area contributed by atoms with Gasteiger partial charge in [0.1, 0.15) is 11.5 Å². The number of aromatic nitrogens is 3. The van der Waals surface area contributed by atoms with Crippen molar-refractivity contribution in [3.05, 3.63) is 55.7 Å². The van der Waals surface area contributed by atoms with E-state index >= 15 is 0 Å². The Hall–Kier alpha value is -1.97. The van der Waals surface area contributed by atoms with Crippen LogP contribution < -0.4 is 4.74 Å². The second kappa shape index (κ2) is 8.37. The Balaban J connectivity index is 2.00. The van der Waals surface area contributed by atoms with Gasteiger partial charge in [-0.2, -0.15) is 14.9 Å². The molecule has 0 radical (unpaired) electrons. The number of halogens is 2. The van der Waals surface area contributed by atoms with Gasteiger partial charge < -0.3 is 9.84 Å². The Labute approximate surface area is 178 Å². The molecular formula is C18H16Br2N4O2S. The van der Waals surface area contributed by atoms with Gasteiger partial charge in [-0.25, -0.2) is 5.10 Å². The van der Waals surface area contributed by atoms with Crippen molar-refractivity contribution >= 4 is 50.3 Å². The van der Waals surface area contributed by atoms with E-state index in [0.29, 0.717) is 20.6 Å². The first-order chi connectivity index (χ1) is 12.8. The average Bonchev–Trinajstić information content (AvgIpc) is 2.97. The van der Waals surface area contributed by atoms with Crippen LogP contribution in [0.25, 0.3) is 11.4 Å². The van der Waals surface area contributed by atoms with Crippen LogP contribution in [0.1, 0.15) is 19.4 Å². The molecule has 6 nitrogen and oxygen atoms in total. The predicted octanol–water partition coefficient (Wildman–Crippen LogP) is 5.51. The Morgan fingerprint density at radius 1 is 1.30 bits per heavy atom. The van der Waals surface area contributed by atoms with Gasteiger partial charge in [0.15, 0.2) is 5.82 Å².